The molecule has 0 unspecified atom stereocenters. The standard InChI is InChI=1S/C21H19N3OS/c1-14-8-10-18(11-9-14)26-13-17-12-19(25)24-21(22-17)20(15(2)23-24)16-6-4-3-5-7-16/h3-12,23H,13H2,1-2H3. The molecule has 2 aromatic heterocycles. The number of aryl methyl sites for hydroxylation is 2. The highest BCUT2D eigenvalue weighted by Gasteiger charge is 2.14. The Balaban J connectivity index is 1.73. The van der Waals surface area contributed by atoms with Crippen molar-refractivity contribution in [3.63, 3.8) is 0 Å². The summed E-state index contributed by atoms with van der Waals surface area (Å²) in [6.45, 7) is 4.04. The van der Waals surface area contributed by atoms with Crippen molar-refractivity contribution in [2.75, 3.05) is 0 Å². The number of aromatic amines is 1. The van der Waals surface area contributed by atoms with Gasteiger partial charge in [0, 0.05) is 28.0 Å². The maximum absolute atomic E-state index is 12.5. The molecule has 2 aromatic carbocycles. The van der Waals surface area contributed by atoms with E-state index in [4.69, 9.17) is 4.98 Å². The predicted octanol–water partition coefficient (Wildman–Crippen LogP) is 4.60. The molecule has 4 nitrogen and oxygen atoms in total. The minimum Gasteiger partial charge on any atom is -0.293 e. The van der Waals surface area contributed by atoms with Crippen LogP contribution >= 0.6 is 11.8 Å². The zero-order valence-corrected chi connectivity index (χ0v) is 15.5. The van der Waals surface area contributed by atoms with E-state index in [9.17, 15) is 4.79 Å². The molecule has 0 aliphatic carbocycles. The van der Waals surface area contributed by atoms with Gasteiger partial charge in [-0.3, -0.25) is 9.89 Å². The summed E-state index contributed by atoms with van der Waals surface area (Å²) in [6, 6.07) is 20.0. The summed E-state index contributed by atoms with van der Waals surface area (Å²) in [5.41, 5.74) is 5.59. The van der Waals surface area contributed by atoms with E-state index < -0.39 is 0 Å². The fraction of sp³-hybridized carbons (Fsp3) is 0.143. The number of nitrogens with zero attached hydrogens (tertiary/aromatic N) is 2. The number of thioether (sulfide) groups is 1. The van der Waals surface area contributed by atoms with Crippen molar-refractivity contribution < 1.29 is 0 Å². The van der Waals surface area contributed by atoms with Crippen LogP contribution in [0.1, 0.15) is 17.0 Å². The molecule has 0 atom stereocenters. The van der Waals surface area contributed by atoms with E-state index in [0.717, 1.165) is 22.5 Å². The van der Waals surface area contributed by atoms with Crippen molar-refractivity contribution in [2.45, 2.75) is 24.5 Å². The molecule has 2 heterocycles. The second-order valence-electron chi connectivity index (χ2n) is 6.32. The van der Waals surface area contributed by atoms with Gasteiger partial charge in [-0.15, -0.1) is 11.8 Å². The van der Waals surface area contributed by atoms with Gasteiger partial charge in [0.05, 0.1) is 5.69 Å². The van der Waals surface area contributed by atoms with Gasteiger partial charge >= 0.3 is 0 Å². The summed E-state index contributed by atoms with van der Waals surface area (Å²) in [7, 11) is 0. The lowest BCUT2D eigenvalue weighted by Crippen LogP contribution is -2.15. The Labute approximate surface area is 155 Å². The number of nitrogens with one attached hydrogen (secondary N) is 1. The first-order valence-corrected chi connectivity index (χ1v) is 9.46. The van der Waals surface area contributed by atoms with Crippen molar-refractivity contribution in [2.24, 2.45) is 0 Å². The Bertz CT molecular complexity index is 1110. The van der Waals surface area contributed by atoms with Crippen LogP contribution in [0.3, 0.4) is 0 Å². The van der Waals surface area contributed by atoms with E-state index in [-0.39, 0.29) is 5.56 Å². The average molecular weight is 361 g/mol. The van der Waals surface area contributed by atoms with Crippen LogP contribution in [0.5, 0.6) is 0 Å². The first-order chi connectivity index (χ1) is 12.6. The highest BCUT2D eigenvalue weighted by Crippen LogP contribution is 2.27. The van der Waals surface area contributed by atoms with Crippen LogP contribution in [0.4, 0.5) is 0 Å². The van der Waals surface area contributed by atoms with Crippen LogP contribution in [0.15, 0.2) is 70.4 Å². The maximum Gasteiger partial charge on any atom is 0.272 e. The van der Waals surface area contributed by atoms with Crippen LogP contribution in [-0.2, 0) is 5.75 Å². The fourth-order valence-electron chi connectivity index (χ4n) is 3.01. The van der Waals surface area contributed by atoms with Gasteiger partial charge in [-0.25, -0.2) is 9.50 Å². The number of hydrogen-bond acceptors (Lipinski definition) is 3. The fourth-order valence-corrected chi connectivity index (χ4v) is 3.80. The predicted molar refractivity (Wildman–Crippen MR) is 107 cm³/mol. The summed E-state index contributed by atoms with van der Waals surface area (Å²) in [5, 5.41) is 3.14. The van der Waals surface area contributed by atoms with Crippen LogP contribution in [0, 0.1) is 13.8 Å². The third-order valence-electron chi connectivity index (χ3n) is 4.32. The molecule has 0 saturated carbocycles. The summed E-state index contributed by atoms with van der Waals surface area (Å²) in [4.78, 5) is 18.5. The van der Waals surface area contributed by atoms with Gasteiger partial charge in [-0.05, 0) is 31.5 Å². The number of fused-ring (bicyclic) bond motifs is 1. The molecule has 0 aliphatic rings. The molecule has 4 rings (SSSR count). The lowest BCUT2D eigenvalue weighted by Gasteiger charge is -2.04. The van der Waals surface area contributed by atoms with Crippen LogP contribution in [-0.4, -0.2) is 14.6 Å². The molecular formula is C21H19N3OS. The average Bonchev–Trinajstić information content (AvgIpc) is 2.98. The number of rotatable bonds is 4. The molecule has 130 valence electrons. The minimum atomic E-state index is -0.0835. The third-order valence-corrected chi connectivity index (χ3v) is 5.37. The Morgan fingerprint density at radius 1 is 1.04 bits per heavy atom. The second kappa shape index (κ2) is 6.84. The van der Waals surface area contributed by atoms with E-state index in [2.05, 4.69) is 36.3 Å². The van der Waals surface area contributed by atoms with Gasteiger partial charge in [0.2, 0.25) is 0 Å². The van der Waals surface area contributed by atoms with Gasteiger partial charge in [0.1, 0.15) is 0 Å². The van der Waals surface area contributed by atoms with Gasteiger partial charge < -0.3 is 0 Å². The Hall–Kier alpha value is -2.79. The first-order valence-electron chi connectivity index (χ1n) is 8.48. The smallest absolute Gasteiger partial charge is 0.272 e. The Kier molecular flexibility index (Phi) is 4.39. The quantitative estimate of drug-likeness (QED) is 0.541. The van der Waals surface area contributed by atoms with E-state index in [1.54, 1.807) is 17.8 Å². The summed E-state index contributed by atoms with van der Waals surface area (Å²) < 4.78 is 1.53. The summed E-state index contributed by atoms with van der Waals surface area (Å²) in [5.74, 6) is 0.660. The summed E-state index contributed by atoms with van der Waals surface area (Å²) >= 11 is 1.69. The molecule has 0 aliphatic heterocycles. The van der Waals surface area contributed by atoms with E-state index in [1.807, 2.05) is 37.3 Å². The first kappa shape index (κ1) is 16.7. The number of hydrogen-bond donors (Lipinski definition) is 1. The topological polar surface area (TPSA) is 50.2 Å². The molecule has 0 radical (unpaired) electrons. The molecule has 0 amide bonds. The summed E-state index contributed by atoms with van der Waals surface area (Å²) in [6.07, 6.45) is 0. The molecular weight excluding hydrogens is 342 g/mol. The van der Waals surface area contributed by atoms with Crippen LogP contribution in [0.25, 0.3) is 16.8 Å². The molecule has 0 spiro atoms. The normalized spacial score (nSPS) is 11.2. The second-order valence-corrected chi connectivity index (χ2v) is 7.37. The molecule has 0 bridgehead atoms. The van der Waals surface area contributed by atoms with E-state index in [1.165, 1.54) is 15.0 Å². The van der Waals surface area contributed by atoms with E-state index in [0.29, 0.717) is 11.4 Å². The van der Waals surface area contributed by atoms with Gasteiger partial charge in [-0.2, -0.15) is 0 Å². The minimum absolute atomic E-state index is 0.0835. The SMILES string of the molecule is Cc1ccc(SCc2cc(=O)n3[nH]c(C)c(-c4ccccc4)c3n2)cc1. The largest absolute Gasteiger partial charge is 0.293 e. The number of H-pyrrole nitrogens is 1. The lowest BCUT2D eigenvalue weighted by atomic mass is 10.1. The van der Waals surface area contributed by atoms with Crippen molar-refractivity contribution in [1.29, 1.82) is 0 Å². The van der Waals surface area contributed by atoms with Crippen molar-refractivity contribution in [3.8, 4) is 11.1 Å². The van der Waals surface area contributed by atoms with Crippen LogP contribution < -0.4 is 5.56 Å². The molecule has 1 N–H and O–H groups in total. The molecule has 26 heavy (non-hydrogen) atoms. The monoisotopic (exact) mass is 361 g/mol. The molecule has 5 heteroatoms. The molecule has 4 aromatic rings. The number of benzene rings is 2. The highest BCUT2D eigenvalue weighted by molar-refractivity contribution is 7.98. The molecule has 0 fully saturated rings. The van der Waals surface area contributed by atoms with Crippen molar-refractivity contribution >= 4 is 17.4 Å². The zero-order valence-electron chi connectivity index (χ0n) is 14.7. The zero-order chi connectivity index (χ0) is 18.1. The third kappa shape index (κ3) is 3.18. The number of aromatic nitrogens is 3. The van der Waals surface area contributed by atoms with E-state index >= 15 is 0 Å². The van der Waals surface area contributed by atoms with Gasteiger partial charge in [-0.1, -0.05) is 48.0 Å². The maximum atomic E-state index is 12.5. The highest BCUT2D eigenvalue weighted by atomic mass is 32.2. The van der Waals surface area contributed by atoms with Gasteiger partial charge in [0.15, 0.2) is 5.65 Å². The molecule has 0 saturated heterocycles. The van der Waals surface area contributed by atoms with Gasteiger partial charge in [0.25, 0.3) is 5.56 Å². The Morgan fingerprint density at radius 2 is 1.77 bits per heavy atom. The Morgan fingerprint density at radius 3 is 2.50 bits per heavy atom. The van der Waals surface area contributed by atoms with Crippen molar-refractivity contribution in [3.05, 3.63) is 88.0 Å². The lowest BCUT2D eigenvalue weighted by molar-refractivity contribution is 0.872. The van der Waals surface area contributed by atoms with Crippen molar-refractivity contribution in [1.82, 2.24) is 14.6 Å². The van der Waals surface area contributed by atoms with Crippen LogP contribution in [0.2, 0.25) is 0 Å².